The van der Waals surface area contributed by atoms with E-state index in [1.54, 1.807) is 6.26 Å². The summed E-state index contributed by atoms with van der Waals surface area (Å²) in [4.78, 5) is 14.7. The Labute approximate surface area is 147 Å². The summed E-state index contributed by atoms with van der Waals surface area (Å²) in [5.74, 6) is 1.80. The number of aromatic nitrogens is 2. The molecule has 132 valence electrons. The number of allylic oxidation sites excluding steroid dienone is 1. The van der Waals surface area contributed by atoms with Crippen molar-refractivity contribution in [1.29, 1.82) is 0 Å². The first-order valence-electron chi connectivity index (χ1n) is 8.89. The van der Waals surface area contributed by atoms with Crippen molar-refractivity contribution in [2.24, 2.45) is 0 Å². The van der Waals surface area contributed by atoms with Crippen LogP contribution in [0.2, 0.25) is 0 Å². The molecule has 0 spiro atoms. The van der Waals surface area contributed by atoms with Crippen LogP contribution in [0.1, 0.15) is 49.5 Å². The lowest BCUT2D eigenvalue weighted by Gasteiger charge is -2.31. The quantitative estimate of drug-likeness (QED) is 0.931. The topological polar surface area (TPSA) is 63.3 Å². The first-order chi connectivity index (χ1) is 12.1. The van der Waals surface area contributed by atoms with Crippen molar-refractivity contribution in [3.05, 3.63) is 41.5 Å². The molecule has 1 amide bonds. The summed E-state index contributed by atoms with van der Waals surface area (Å²) >= 11 is 0. The van der Waals surface area contributed by atoms with Gasteiger partial charge >= 0.3 is 0 Å². The van der Waals surface area contributed by atoms with Crippen LogP contribution in [0, 0.1) is 0 Å². The second kappa shape index (κ2) is 6.52. The van der Waals surface area contributed by atoms with E-state index in [0.29, 0.717) is 12.5 Å². The fourth-order valence-corrected chi connectivity index (χ4v) is 3.86. The average Bonchev–Trinajstić information content (AvgIpc) is 3.24. The molecule has 0 unspecified atom stereocenters. The van der Waals surface area contributed by atoms with Gasteiger partial charge in [0.25, 0.3) is 0 Å². The van der Waals surface area contributed by atoms with Gasteiger partial charge in [0.1, 0.15) is 11.6 Å². The molecule has 6 heteroatoms. The molecule has 1 atom stereocenters. The molecular formula is C19H24N4O2. The SMILES string of the molecule is C/C(=C\c1ccco1)[C@@H]1CC(=O)Nc2c1cnn2C1CCN(C)CC1. The molecular weight excluding hydrogens is 316 g/mol. The van der Waals surface area contributed by atoms with Crippen LogP contribution >= 0.6 is 0 Å². The van der Waals surface area contributed by atoms with Gasteiger partial charge in [0, 0.05) is 17.9 Å². The number of rotatable bonds is 3. The smallest absolute Gasteiger partial charge is 0.226 e. The molecule has 1 saturated heterocycles. The van der Waals surface area contributed by atoms with E-state index < -0.39 is 0 Å². The van der Waals surface area contributed by atoms with Crippen LogP contribution in [-0.2, 0) is 4.79 Å². The Morgan fingerprint density at radius 1 is 1.40 bits per heavy atom. The molecule has 0 saturated carbocycles. The van der Waals surface area contributed by atoms with Gasteiger partial charge in [0.15, 0.2) is 0 Å². The van der Waals surface area contributed by atoms with E-state index in [0.717, 1.165) is 48.6 Å². The van der Waals surface area contributed by atoms with Gasteiger partial charge < -0.3 is 14.6 Å². The Balaban J connectivity index is 1.64. The van der Waals surface area contributed by atoms with Gasteiger partial charge in [-0.15, -0.1) is 0 Å². The number of likely N-dealkylation sites (tertiary alicyclic amines) is 1. The van der Waals surface area contributed by atoms with E-state index in [4.69, 9.17) is 4.42 Å². The van der Waals surface area contributed by atoms with Gasteiger partial charge in [-0.05, 0) is 58.1 Å². The maximum atomic E-state index is 12.3. The molecule has 1 fully saturated rings. The van der Waals surface area contributed by atoms with Crippen LogP contribution < -0.4 is 5.32 Å². The van der Waals surface area contributed by atoms with Gasteiger partial charge in [0.05, 0.1) is 18.5 Å². The van der Waals surface area contributed by atoms with Crippen LogP contribution in [-0.4, -0.2) is 40.7 Å². The fraction of sp³-hybridized carbons (Fsp3) is 0.474. The highest BCUT2D eigenvalue weighted by atomic mass is 16.3. The number of fused-ring (bicyclic) bond motifs is 1. The predicted molar refractivity (Wildman–Crippen MR) is 96.3 cm³/mol. The highest BCUT2D eigenvalue weighted by molar-refractivity contribution is 5.94. The Kier molecular flexibility index (Phi) is 4.21. The van der Waals surface area contributed by atoms with E-state index in [-0.39, 0.29) is 11.8 Å². The minimum Gasteiger partial charge on any atom is -0.465 e. The maximum absolute atomic E-state index is 12.3. The van der Waals surface area contributed by atoms with Crippen LogP contribution in [0.5, 0.6) is 0 Å². The first kappa shape index (κ1) is 16.1. The number of furan rings is 1. The van der Waals surface area contributed by atoms with Gasteiger partial charge in [-0.3, -0.25) is 4.79 Å². The molecule has 4 heterocycles. The Morgan fingerprint density at radius 2 is 2.20 bits per heavy atom. The van der Waals surface area contributed by atoms with Crippen molar-refractivity contribution in [1.82, 2.24) is 14.7 Å². The van der Waals surface area contributed by atoms with E-state index in [1.807, 2.05) is 29.1 Å². The normalized spacial score (nSPS) is 22.7. The Bertz CT molecular complexity index is 782. The molecule has 2 aliphatic heterocycles. The summed E-state index contributed by atoms with van der Waals surface area (Å²) in [6.45, 7) is 4.19. The third kappa shape index (κ3) is 3.14. The zero-order chi connectivity index (χ0) is 17.4. The highest BCUT2D eigenvalue weighted by Gasteiger charge is 2.32. The van der Waals surface area contributed by atoms with Crippen molar-refractivity contribution >= 4 is 17.8 Å². The van der Waals surface area contributed by atoms with Crippen LogP contribution in [0.15, 0.2) is 34.6 Å². The highest BCUT2D eigenvalue weighted by Crippen LogP contribution is 2.39. The largest absolute Gasteiger partial charge is 0.465 e. The summed E-state index contributed by atoms with van der Waals surface area (Å²) in [5, 5.41) is 7.70. The molecule has 0 bridgehead atoms. The minimum absolute atomic E-state index is 0.0499. The summed E-state index contributed by atoms with van der Waals surface area (Å²) in [6, 6.07) is 4.15. The number of carbonyl (C=O) groups excluding carboxylic acids is 1. The van der Waals surface area contributed by atoms with Crippen molar-refractivity contribution in [3.8, 4) is 0 Å². The van der Waals surface area contributed by atoms with Gasteiger partial charge in [-0.1, -0.05) is 5.57 Å². The third-order valence-corrected chi connectivity index (χ3v) is 5.34. The van der Waals surface area contributed by atoms with E-state index >= 15 is 0 Å². The van der Waals surface area contributed by atoms with Crippen LogP contribution in [0.25, 0.3) is 6.08 Å². The van der Waals surface area contributed by atoms with Crippen molar-refractivity contribution in [3.63, 3.8) is 0 Å². The lowest BCUT2D eigenvalue weighted by Crippen LogP contribution is -2.33. The minimum atomic E-state index is 0.0499. The molecule has 0 radical (unpaired) electrons. The number of hydrogen-bond donors (Lipinski definition) is 1. The molecule has 0 aromatic carbocycles. The summed E-state index contributed by atoms with van der Waals surface area (Å²) in [6.07, 6.45) is 8.18. The van der Waals surface area contributed by atoms with E-state index in [2.05, 4.69) is 29.3 Å². The molecule has 1 N–H and O–H groups in total. The lowest BCUT2D eigenvalue weighted by atomic mass is 9.87. The number of anilines is 1. The Morgan fingerprint density at radius 3 is 2.92 bits per heavy atom. The molecule has 2 aromatic rings. The predicted octanol–water partition coefficient (Wildman–Crippen LogP) is 3.27. The van der Waals surface area contributed by atoms with E-state index in [9.17, 15) is 4.79 Å². The molecule has 4 rings (SSSR count). The zero-order valence-corrected chi connectivity index (χ0v) is 14.7. The average molecular weight is 340 g/mol. The van der Waals surface area contributed by atoms with Gasteiger partial charge in [-0.25, -0.2) is 4.68 Å². The lowest BCUT2D eigenvalue weighted by molar-refractivity contribution is -0.116. The number of carbonyl (C=O) groups is 1. The molecule has 2 aromatic heterocycles. The fourth-order valence-electron chi connectivity index (χ4n) is 3.86. The third-order valence-electron chi connectivity index (χ3n) is 5.34. The molecule has 25 heavy (non-hydrogen) atoms. The van der Waals surface area contributed by atoms with Crippen molar-refractivity contribution < 1.29 is 9.21 Å². The number of nitrogens with zero attached hydrogens (tertiary/aromatic N) is 3. The molecule has 6 nitrogen and oxygen atoms in total. The zero-order valence-electron chi connectivity index (χ0n) is 14.7. The van der Waals surface area contributed by atoms with Gasteiger partial charge in [-0.2, -0.15) is 5.10 Å². The second-order valence-electron chi connectivity index (χ2n) is 7.14. The monoisotopic (exact) mass is 340 g/mol. The van der Waals surface area contributed by atoms with E-state index in [1.165, 1.54) is 0 Å². The molecule has 0 aliphatic carbocycles. The standard InChI is InChI=1S/C19H24N4O2/c1-13(10-15-4-3-9-25-15)16-11-18(24)21-19-17(16)12-20-23(19)14-5-7-22(2)8-6-14/h3-4,9-10,12,14,16H,5-8,11H2,1-2H3,(H,21,24)/b13-10+/t16-/m0/s1. The maximum Gasteiger partial charge on any atom is 0.226 e. The second-order valence-corrected chi connectivity index (χ2v) is 7.14. The summed E-state index contributed by atoms with van der Waals surface area (Å²) in [7, 11) is 2.15. The number of piperidine rings is 1. The summed E-state index contributed by atoms with van der Waals surface area (Å²) in [5.41, 5.74) is 2.23. The number of amides is 1. The summed E-state index contributed by atoms with van der Waals surface area (Å²) < 4.78 is 7.45. The number of nitrogens with one attached hydrogen (secondary N) is 1. The van der Waals surface area contributed by atoms with Crippen molar-refractivity contribution in [2.75, 3.05) is 25.5 Å². The first-order valence-corrected chi connectivity index (χ1v) is 8.89. The molecule has 2 aliphatic rings. The van der Waals surface area contributed by atoms with Crippen LogP contribution in [0.4, 0.5) is 5.82 Å². The number of hydrogen-bond acceptors (Lipinski definition) is 4. The Hall–Kier alpha value is -2.34. The van der Waals surface area contributed by atoms with Gasteiger partial charge in [0.2, 0.25) is 5.91 Å². The van der Waals surface area contributed by atoms with Crippen molar-refractivity contribution in [2.45, 2.75) is 38.1 Å². The van der Waals surface area contributed by atoms with Crippen LogP contribution in [0.3, 0.4) is 0 Å².